The van der Waals surface area contributed by atoms with Crippen molar-refractivity contribution in [3.8, 4) is 11.8 Å². The summed E-state index contributed by atoms with van der Waals surface area (Å²) in [5, 5.41) is 27.0. The van der Waals surface area contributed by atoms with Crippen molar-refractivity contribution in [2.45, 2.75) is 6.61 Å². The van der Waals surface area contributed by atoms with Gasteiger partial charge in [0.2, 0.25) is 0 Å². The molecule has 1 rings (SSSR count). The zero-order valence-corrected chi connectivity index (χ0v) is 8.02. The zero-order valence-electron chi connectivity index (χ0n) is 8.02. The lowest BCUT2D eigenvalue weighted by Gasteiger charge is -2.06. The molecule has 1 aromatic carbocycles. The van der Waals surface area contributed by atoms with Crippen LogP contribution in [0.15, 0.2) is 12.1 Å². The first-order chi connectivity index (χ1) is 7.13. The highest BCUT2D eigenvalue weighted by molar-refractivity contribution is 5.92. The van der Waals surface area contributed by atoms with Crippen molar-refractivity contribution in [2.75, 3.05) is 7.11 Å². The van der Waals surface area contributed by atoms with Crippen molar-refractivity contribution in [1.82, 2.24) is 0 Å². The van der Waals surface area contributed by atoms with Crippen LogP contribution in [0.3, 0.4) is 0 Å². The van der Waals surface area contributed by atoms with Gasteiger partial charge in [0.15, 0.2) is 0 Å². The van der Waals surface area contributed by atoms with E-state index in [0.717, 1.165) is 6.07 Å². The van der Waals surface area contributed by atoms with Crippen molar-refractivity contribution in [1.29, 1.82) is 5.26 Å². The summed E-state index contributed by atoms with van der Waals surface area (Å²) in [7, 11) is 1.18. The molecule has 0 aliphatic carbocycles. The van der Waals surface area contributed by atoms with E-state index in [1.807, 2.05) is 0 Å². The number of ether oxygens (including phenoxy) is 1. The standard InChI is InChI=1S/C10H9NO4/c1-15-10(14)8-2-7(5-12)6(4-11)3-9(8)13/h2-3,12-13H,5H2,1H3. The summed E-state index contributed by atoms with van der Waals surface area (Å²) in [6.45, 7) is -0.382. The molecule has 0 atom stereocenters. The SMILES string of the molecule is COC(=O)c1cc(CO)c(C#N)cc1O. The second-order valence-corrected chi connectivity index (χ2v) is 2.79. The molecule has 0 radical (unpaired) electrons. The summed E-state index contributed by atoms with van der Waals surface area (Å²) in [6, 6.07) is 4.16. The Labute approximate surface area is 86.1 Å². The third kappa shape index (κ3) is 2.06. The third-order valence-corrected chi connectivity index (χ3v) is 1.92. The molecule has 0 amide bonds. The minimum atomic E-state index is -0.716. The summed E-state index contributed by atoms with van der Waals surface area (Å²) in [5.74, 6) is -1.05. The number of phenols is 1. The van der Waals surface area contributed by atoms with Crippen molar-refractivity contribution < 1.29 is 19.7 Å². The highest BCUT2D eigenvalue weighted by Crippen LogP contribution is 2.23. The number of hydrogen-bond donors (Lipinski definition) is 2. The lowest BCUT2D eigenvalue weighted by atomic mass is 10.0. The average Bonchev–Trinajstić information content (AvgIpc) is 2.27. The molecule has 0 fully saturated rings. The summed E-state index contributed by atoms with van der Waals surface area (Å²) < 4.78 is 4.43. The van der Waals surface area contributed by atoms with E-state index in [1.54, 1.807) is 6.07 Å². The van der Waals surface area contributed by atoms with E-state index in [2.05, 4.69) is 4.74 Å². The van der Waals surface area contributed by atoms with Crippen molar-refractivity contribution in [3.05, 3.63) is 28.8 Å². The maximum atomic E-state index is 11.2. The maximum absolute atomic E-state index is 11.2. The smallest absolute Gasteiger partial charge is 0.341 e. The van der Waals surface area contributed by atoms with Gasteiger partial charge < -0.3 is 14.9 Å². The Balaban J connectivity index is 3.33. The van der Waals surface area contributed by atoms with Gasteiger partial charge in [-0.25, -0.2) is 4.79 Å². The first-order valence-electron chi connectivity index (χ1n) is 4.09. The molecule has 0 aliphatic heterocycles. The first-order valence-corrected chi connectivity index (χ1v) is 4.09. The predicted octanol–water partition coefficient (Wildman–Crippen LogP) is 0.543. The minimum absolute atomic E-state index is 0.0689. The third-order valence-electron chi connectivity index (χ3n) is 1.92. The number of nitrogens with zero attached hydrogens (tertiary/aromatic N) is 1. The predicted molar refractivity (Wildman–Crippen MR) is 50.1 cm³/mol. The number of carbonyl (C=O) groups excluding carboxylic acids is 1. The van der Waals surface area contributed by atoms with E-state index in [0.29, 0.717) is 0 Å². The van der Waals surface area contributed by atoms with Crippen molar-refractivity contribution >= 4 is 5.97 Å². The van der Waals surface area contributed by atoms with Crippen LogP contribution < -0.4 is 0 Å². The normalized spacial score (nSPS) is 9.40. The molecule has 0 aliphatic rings. The van der Waals surface area contributed by atoms with Crippen LogP contribution in [0.4, 0.5) is 0 Å². The van der Waals surface area contributed by atoms with Crippen molar-refractivity contribution in [2.24, 2.45) is 0 Å². The van der Waals surface area contributed by atoms with Crippen LogP contribution in [-0.4, -0.2) is 23.3 Å². The molecule has 0 spiro atoms. The molecule has 0 bridgehead atoms. The van der Waals surface area contributed by atoms with Gasteiger partial charge in [-0.3, -0.25) is 0 Å². The molecular formula is C10H9NO4. The Morgan fingerprint density at radius 3 is 2.73 bits per heavy atom. The fourth-order valence-corrected chi connectivity index (χ4v) is 1.14. The fraction of sp³-hybridized carbons (Fsp3) is 0.200. The zero-order chi connectivity index (χ0) is 11.4. The van der Waals surface area contributed by atoms with Gasteiger partial charge >= 0.3 is 5.97 Å². The molecule has 0 saturated heterocycles. The second-order valence-electron chi connectivity index (χ2n) is 2.79. The Morgan fingerprint density at radius 2 is 2.27 bits per heavy atom. The van der Waals surface area contributed by atoms with Crippen LogP contribution in [0, 0.1) is 11.3 Å². The quantitative estimate of drug-likeness (QED) is 0.691. The fourth-order valence-electron chi connectivity index (χ4n) is 1.14. The number of carbonyl (C=O) groups is 1. The number of rotatable bonds is 2. The lowest BCUT2D eigenvalue weighted by molar-refractivity contribution is 0.0597. The molecule has 5 heteroatoms. The number of phenolic OH excluding ortho intramolecular Hbond substituents is 1. The topological polar surface area (TPSA) is 90.5 Å². The van der Waals surface area contributed by atoms with E-state index in [1.165, 1.54) is 13.2 Å². The van der Waals surface area contributed by atoms with E-state index in [9.17, 15) is 9.90 Å². The molecule has 78 valence electrons. The Hall–Kier alpha value is -2.06. The highest BCUT2D eigenvalue weighted by atomic mass is 16.5. The van der Waals surface area contributed by atoms with Gasteiger partial charge in [0.1, 0.15) is 11.3 Å². The summed E-state index contributed by atoms with van der Waals surface area (Å²) in [5.41, 5.74) is 0.332. The number of hydrogen-bond acceptors (Lipinski definition) is 5. The molecule has 0 saturated carbocycles. The van der Waals surface area contributed by atoms with E-state index < -0.39 is 5.97 Å². The lowest BCUT2D eigenvalue weighted by Crippen LogP contribution is -2.04. The van der Waals surface area contributed by atoms with E-state index >= 15 is 0 Å². The van der Waals surface area contributed by atoms with Gasteiger partial charge in [0.05, 0.1) is 25.3 Å². The summed E-state index contributed by atoms with van der Waals surface area (Å²) in [4.78, 5) is 11.2. The molecule has 0 aromatic heterocycles. The summed E-state index contributed by atoms with van der Waals surface area (Å²) >= 11 is 0. The van der Waals surface area contributed by atoms with Gasteiger partial charge in [-0.2, -0.15) is 5.26 Å². The number of aliphatic hydroxyl groups excluding tert-OH is 1. The van der Waals surface area contributed by atoms with Crippen LogP contribution in [-0.2, 0) is 11.3 Å². The molecular weight excluding hydrogens is 198 g/mol. The van der Waals surface area contributed by atoms with Crippen LogP contribution in [0.2, 0.25) is 0 Å². The number of aliphatic hydroxyl groups is 1. The van der Waals surface area contributed by atoms with Gasteiger partial charge in [0.25, 0.3) is 0 Å². The van der Waals surface area contributed by atoms with Crippen LogP contribution in [0.25, 0.3) is 0 Å². The minimum Gasteiger partial charge on any atom is -0.507 e. The van der Waals surface area contributed by atoms with Gasteiger partial charge in [-0.05, 0) is 17.7 Å². The molecule has 1 aromatic rings. The molecule has 5 nitrogen and oxygen atoms in total. The van der Waals surface area contributed by atoms with Crippen molar-refractivity contribution in [3.63, 3.8) is 0 Å². The summed E-state index contributed by atoms with van der Waals surface area (Å²) in [6.07, 6.45) is 0. The van der Waals surface area contributed by atoms with Gasteiger partial charge in [-0.15, -0.1) is 0 Å². The number of benzene rings is 1. The second kappa shape index (κ2) is 4.44. The maximum Gasteiger partial charge on any atom is 0.341 e. The van der Waals surface area contributed by atoms with Gasteiger partial charge in [0, 0.05) is 0 Å². The number of aromatic hydroxyl groups is 1. The van der Waals surface area contributed by atoms with Gasteiger partial charge in [-0.1, -0.05) is 0 Å². The largest absolute Gasteiger partial charge is 0.507 e. The van der Waals surface area contributed by atoms with E-state index in [4.69, 9.17) is 10.4 Å². The Kier molecular flexibility index (Phi) is 3.26. The van der Waals surface area contributed by atoms with E-state index in [-0.39, 0.29) is 29.0 Å². The first kappa shape index (κ1) is 11.0. The average molecular weight is 207 g/mol. The number of methoxy groups -OCH3 is 1. The molecule has 2 N–H and O–H groups in total. The van der Waals surface area contributed by atoms with Crippen LogP contribution in [0.5, 0.6) is 5.75 Å². The van der Waals surface area contributed by atoms with Crippen LogP contribution >= 0.6 is 0 Å². The molecule has 0 unspecified atom stereocenters. The number of esters is 1. The van der Waals surface area contributed by atoms with Crippen LogP contribution in [0.1, 0.15) is 21.5 Å². The Morgan fingerprint density at radius 1 is 1.60 bits per heavy atom. The number of nitriles is 1. The monoisotopic (exact) mass is 207 g/mol. The Bertz CT molecular complexity index is 434. The molecule has 15 heavy (non-hydrogen) atoms. The molecule has 0 heterocycles. The highest BCUT2D eigenvalue weighted by Gasteiger charge is 2.15.